The molecule has 0 bridgehead atoms. The van der Waals surface area contributed by atoms with Crippen molar-refractivity contribution < 1.29 is 44.6 Å². The van der Waals surface area contributed by atoms with Crippen LogP contribution in [0.25, 0.3) is 33.8 Å². The highest BCUT2D eigenvalue weighted by Gasteiger charge is 2.35. The van der Waals surface area contributed by atoms with Crippen LogP contribution in [0.5, 0.6) is 0 Å². The highest BCUT2D eigenvalue weighted by atomic mass is 32.2. The molecule has 0 radical (unpaired) electrons. The molecule has 0 amide bonds. The van der Waals surface area contributed by atoms with Gasteiger partial charge in [0.25, 0.3) is 0 Å². The third-order valence-corrected chi connectivity index (χ3v) is 28.4. The summed E-state index contributed by atoms with van der Waals surface area (Å²) < 4.78 is 106. The normalized spacial score (nSPS) is 17.7. The lowest BCUT2D eigenvalue weighted by Gasteiger charge is -2.27. The third kappa shape index (κ3) is 23.2. The minimum absolute atomic E-state index is 0.00741. The molecule has 0 spiro atoms. The Morgan fingerprint density at radius 2 is 0.682 bits per heavy atom. The summed E-state index contributed by atoms with van der Waals surface area (Å²) in [7, 11) is -11.1. The van der Waals surface area contributed by atoms with Gasteiger partial charge in [-0.1, -0.05) is 201 Å². The van der Waals surface area contributed by atoms with Crippen molar-refractivity contribution in [3.8, 4) is 33.8 Å². The van der Waals surface area contributed by atoms with Crippen molar-refractivity contribution in [2.75, 3.05) is 59.2 Å². The van der Waals surface area contributed by atoms with Crippen LogP contribution in [0, 0.1) is 38.5 Å². The average molecular weight is 1580 g/mol. The largest absolute Gasteiger partial charge is 0.481 e. The van der Waals surface area contributed by atoms with Gasteiger partial charge in [-0.15, -0.1) is 0 Å². The predicted octanol–water partition coefficient (Wildman–Crippen LogP) is 19.0. The van der Waals surface area contributed by atoms with Gasteiger partial charge in [-0.05, 0) is 214 Å². The number of carboxylic acid groups (broad SMARTS) is 1. The van der Waals surface area contributed by atoms with E-state index in [0.717, 1.165) is 90.7 Å². The van der Waals surface area contributed by atoms with E-state index in [2.05, 4.69) is 212 Å². The molecule has 20 heteroatoms. The molecular formula is C90H139N7O10S3. The van der Waals surface area contributed by atoms with Crippen LogP contribution >= 0.6 is 0 Å². The maximum atomic E-state index is 13.7. The van der Waals surface area contributed by atoms with Gasteiger partial charge in [0, 0.05) is 86.5 Å². The Morgan fingerprint density at radius 3 is 0.945 bits per heavy atom. The van der Waals surface area contributed by atoms with Gasteiger partial charge in [-0.3, -0.25) is 9.69 Å². The predicted molar refractivity (Wildman–Crippen MR) is 451 cm³/mol. The highest BCUT2D eigenvalue weighted by molar-refractivity contribution is 7.90. The van der Waals surface area contributed by atoms with Crippen molar-refractivity contribution in [2.24, 2.45) is 17.8 Å². The molecule has 3 aromatic heterocycles. The number of morpholine rings is 1. The number of carboxylic acids is 1. The summed E-state index contributed by atoms with van der Waals surface area (Å²) in [5.74, 6) is 0.664. The zero-order chi connectivity index (χ0) is 80.9. The number of aliphatic carboxylic acids is 1. The molecule has 0 unspecified atom stereocenters. The number of hydrogen-bond acceptors (Lipinski definition) is 10. The van der Waals surface area contributed by atoms with E-state index >= 15 is 0 Å². The summed E-state index contributed by atoms with van der Waals surface area (Å²) in [5.41, 5.74) is 16.0. The molecule has 3 saturated carbocycles. The van der Waals surface area contributed by atoms with Crippen LogP contribution in [0.2, 0.25) is 0 Å². The molecule has 2 aliphatic heterocycles. The van der Waals surface area contributed by atoms with Gasteiger partial charge in [-0.25, -0.2) is 39.4 Å². The number of nitrogens with zero attached hydrogens (tertiary/aromatic N) is 4. The Bertz CT molecular complexity index is 4380. The van der Waals surface area contributed by atoms with E-state index in [-0.39, 0.29) is 56.4 Å². The van der Waals surface area contributed by atoms with Crippen LogP contribution in [0.15, 0.2) is 87.5 Å². The Kier molecular flexibility index (Phi) is 28.8. The van der Waals surface area contributed by atoms with Gasteiger partial charge in [-0.2, -0.15) is 0 Å². The molecule has 0 atom stereocenters. The van der Waals surface area contributed by atoms with E-state index in [4.69, 9.17) is 14.6 Å². The Balaban J connectivity index is 0.000000190. The fourth-order valence-corrected chi connectivity index (χ4v) is 20.1. The minimum atomic E-state index is -3.85. The molecule has 5 aliphatic rings. The van der Waals surface area contributed by atoms with Crippen molar-refractivity contribution in [1.82, 2.24) is 32.8 Å². The van der Waals surface area contributed by atoms with Crippen LogP contribution in [0.3, 0.4) is 0 Å². The Labute approximate surface area is 664 Å². The highest BCUT2D eigenvalue weighted by Crippen LogP contribution is 2.43. The van der Waals surface area contributed by atoms with Crippen molar-refractivity contribution in [3.63, 3.8) is 0 Å². The SMILES string of the molecule is Cc1c(S(=O)(=O)NC2COC2)cc(-c2cc(C(C)(C)C)cc(C(C)(C)C)c2)n1CC1CCCCC1.Cc1c(S(=O)(=O)NCCC(=O)O)cc(-c2cc(C(C)(C)C)cc(C(C)(C)C)c2)n1CC1CCCCC1.Cc1c(S(=O)(=O)NCCN2CCOCC2)cc(-c2cc(C(C)(C)C)cc(C(C)(C)C)c2)n1CC1CCCCC1. The fraction of sp³-hybridized carbons (Fsp3) is 0.656. The number of hydrogen-bond donors (Lipinski definition) is 4. The van der Waals surface area contributed by atoms with Crippen LogP contribution in [0.4, 0.5) is 0 Å². The van der Waals surface area contributed by atoms with E-state index in [1.165, 1.54) is 117 Å². The summed E-state index contributed by atoms with van der Waals surface area (Å²) >= 11 is 0. The number of aromatic nitrogens is 3. The number of nitrogens with one attached hydrogen (secondary N) is 3. The number of rotatable bonds is 22. The second kappa shape index (κ2) is 35.8. The van der Waals surface area contributed by atoms with Crippen LogP contribution in [-0.4, -0.2) is 120 Å². The fourth-order valence-electron chi connectivity index (χ4n) is 16.1. The van der Waals surface area contributed by atoms with Crippen molar-refractivity contribution in [2.45, 2.75) is 321 Å². The maximum absolute atomic E-state index is 13.7. The summed E-state index contributed by atoms with van der Waals surface area (Å²) in [6, 6.07) is 25.9. The van der Waals surface area contributed by atoms with Gasteiger partial charge in [0.1, 0.15) is 14.7 Å². The third-order valence-electron chi connectivity index (χ3n) is 23.6. The molecule has 2 saturated heterocycles. The standard InChI is InChI=1S/C32H51N3O3S.C29H44N2O4S.C29H44N2O3S/c1-24-30(39(36,37)33-13-14-34-15-17-38-18-16-34)22-29(35(24)23-25-11-9-8-10-12-25)26-19-27(31(2,3)4)21-28(20-26)32(5,6)7;1-20-26(36(34,35)30-14-13-27(32)33)18-25(31(20)19-21-11-9-8-10-12-21)22-15-23(28(2,3)4)17-24(16-22)29(5,6)7;1-20-27(35(32,33)30-25-18-34-19-25)16-26(31(20)17-21-11-9-8-10-12-21)22-13-23(28(2,3)4)15-24(14-22)29(5,6)7/h19-22,25,33H,8-18,23H2,1-7H3;15-18,21,30H,8-14,19H2,1-7H3,(H,32,33);13-16,21,25,30H,8-12,17-19H2,1-7H3. The first-order valence-corrected chi connectivity index (χ1v) is 45.8. The molecular weight excluding hydrogens is 1440 g/mol. The van der Waals surface area contributed by atoms with Gasteiger partial charge in [0.15, 0.2) is 0 Å². The molecule has 4 N–H and O–H groups in total. The molecule has 17 nitrogen and oxygen atoms in total. The van der Waals surface area contributed by atoms with Gasteiger partial charge >= 0.3 is 5.97 Å². The number of sulfonamides is 3. The number of carbonyl (C=O) groups is 1. The zero-order valence-corrected chi connectivity index (χ0v) is 73.6. The molecule has 3 aromatic carbocycles. The smallest absolute Gasteiger partial charge is 0.304 e. The van der Waals surface area contributed by atoms with Crippen LogP contribution < -0.4 is 14.2 Å². The zero-order valence-electron chi connectivity index (χ0n) is 71.2. The summed E-state index contributed by atoms with van der Waals surface area (Å²) in [6.45, 7) is 53.5. The van der Waals surface area contributed by atoms with E-state index in [0.29, 0.717) is 72.8 Å². The van der Waals surface area contributed by atoms with E-state index in [1.807, 2.05) is 32.9 Å². The Hall–Kier alpha value is -5.42. The van der Waals surface area contributed by atoms with Crippen molar-refractivity contribution in [3.05, 3.63) is 123 Å². The molecule has 5 heterocycles. The lowest BCUT2D eigenvalue weighted by atomic mass is 9.79. The minimum Gasteiger partial charge on any atom is -0.481 e. The lowest BCUT2D eigenvalue weighted by Crippen LogP contribution is -2.48. The van der Waals surface area contributed by atoms with Gasteiger partial charge < -0.3 is 28.3 Å². The van der Waals surface area contributed by atoms with E-state index < -0.39 is 36.0 Å². The average Bonchev–Trinajstić information content (AvgIpc) is 1.69. The Morgan fingerprint density at radius 1 is 0.400 bits per heavy atom. The van der Waals surface area contributed by atoms with E-state index in [9.17, 15) is 30.0 Å². The first-order valence-electron chi connectivity index (χ1n) is 41.3. The second-order valence-electron chi connectivity index (χ2n) is 38.9. The maximum Gasteiger partial charge on any atom is 0.304 e. The monoisotopic (exact) mass is 1570 g/mol. The number of benzene rings is 3. The van der Waals surface area contributed by atoms with E-state index in [1.54, 1.807) is 6.07 Å². The molecule has 110 heavy (non-hydrogen) atoms. The number of ether oxygens (including phenoxy) is 2. The first-order chi connectivity index (χ1) is 51.1. The van der Waals surface area contributed by atoms with Crippen LogP contribution in [-0.2, 0) is 96.5 Å². The molecule has 6 aromatic rings. The lowest BCUT2D eigenvalue weighted by molar-refractivity contribution is -0.136. The molecule has 3 aliphatic carbocycles. The summed E-state index contributed by atoms with van der Waals surface area (Å²) in [5, 5.41) is 8.96. The van der Waals surface area contributed by atoms with Gasteiger partial charge in [0.05, 0.1) is 38.9 Å². The van der Waals surface area contributed by atoms with Crippen molar-refractivity contribution >= 4 is 36.0 Å². The molecule has 5 fully saturated rings. The van der Waals surface area contributed by atoms with Gasteiger partial charge in [0.2, 0.25) is 30.1 Å². The summed E-state index contributed by atoms with van der Waals surface area (Å²) in [6.07, 6.45) is 18.3. The summed E-state index contributed by atoms with van der Waals surface area (Å²) in [4.78, 5) is 14.2. The quantitative estimate of drug-likeness (QED) is 0.0502. The topological polar surface area (TPSA) is 212 Å². The second-order valence-corrected chi connectivity index (χ2v) is 44.1. The molecule has 11 rings (SSSR count). The first kappa shape index (κ1) is 88.5. The molecule has 612 valence electrons. The van der Waals surface area contributed by atoms with Crippen molar-refractivity contribution in [1.29, 1.82) is 0 Å². The van der Waals surface area contributed by atoms with Crippen LogP contribution in [0.1, 0.15) is 278 Å².